The van der Waals surface area contributed by atoms with Crippen LogP contribution in [0.15, 0.2) is 0 Å². The van der Waals surface area contributed by atoms with Gasteiger partial charge in [-0.25, -0.2) is 0 Å². The quantitative estimate of drug-likeness (QED) is 0.623. The van der Waals surface area contributed by atoms with Crippen LogP contribution in [0.5, 0.6) is 0 Å². The van der Waals surface area contributed by atoms with Crippen molar-refractivity contribution in [2.24, 2.45) is 17.3 Å². The number of nitrogens with zero attached hydrogens (tertiary/aromatic N) is 1. The molecule has 0 radical (unpaired) electrons. The van der Waals surface area contributed by atoms with Crippen LogP contribution in [0.25, 0.3) is 0 Å². The van der Waals surface area contributed by atoms with Crippen molar-refractivity contribution in [3.05, 3.63) is 0 Å². The van der Waals surface area contributed by atoms with Crippen LogP contribution < -0.4 is 5.32 Å². The van der Waals surface area contributed by atoms with Gasteiger partial charge in [0.2, 0.25) is 0 Å². The van der Waals surface area contributed by atoms with Crippen LogP contribution in [0.3, 0.4) is 0 Å². The van der Waals surface area contributed by atoms with Gasteiger partial charge in [-0.15, -0.1) is 0 Å². The summed E-state index contributed by atoms with van der Waals surface area (Å²) in [6.07, 6.45) is 2.61. The summed E-state index contributed by atoms with van der Waals surface area (Å²) in [7, 11) is 0. The van der Waals surface area contributed by atoms with Crippen molar-refractivity contribution < 1.29 is 0 Å². The summed E-state index contributed by atoms with van der Waals surface area (Å²) in [5.74, 6) is 1.59. The molecule has 0 aromatic heterocycles. The fourth-order valence-corrected chi connectivity index (χ4v) is 2.32. The van der Waals surface area contributed by atoms with Crippen molar-refractivity contribution in [1.82, 2.24) is 10.2 Å². The fourth-order valence-electron chi connectivity index (χ4n) is 2.32. The molecule has 0 heterocycles. The van der Waals surface area contributed by atoms with E-state index in [-0.39, 0.29) is 5.54 Å². The minimum absolute atomic E-state index is 0.206. The van der Waals surface area contributed by atoms with Crippen LogP contribution in [-0.4, -0.2) is 36.6 Å². The first-order chi connectivity index (χ1) is 9.41. The maximum atomic E-state index is 3.67. The maximum absolute atomic E-state index is 3.67. The third kappa shape index (κ3) is 13.3. The van der Waals surface area contributed by atoms with E-state index in [2.05, 4.69) is 72.5 Å². The largest absolute Gasteiger partial charge is 0.311 e. The molecule has 0 saturated carbocycles. The SMILES string of the molecule is CC(C)CCN(CCC(C)C)CC(C)(C)CNC(C)(C)C. The second-order valence-electron chi connectivity index (χ2n) is 9.41. The van der Waals surface area contributed by atoms with Gasteiger partial charge in [0.15, 0.2) is 0 Å². The Bertz CT molecular complexity index is 249. The van der Waals surface area contributed by atoms with Gasteiger partial charge in [-0.05, 0) is 64.0 Å². The Morgan fingerprint density at radius 3 is 1.57 bits per heavy atom. The van der Waals surface area contributed by atoms with Gasteiger partial charge in [0, 0.05) is 18.6 Å². The Balaban J connectivity index is 4.45. The molecule has 0 spiro atoms. The Morgan fingerprint density at radius 1 is 0.810 bits per heavy atom. The van der Waals surface area contributed by atoms with Gasteiger partial charge in [-0.2, -0.15) is 0 Å². The number of nitrogens with one attached hydrogen (secondary N) is 1. The zero-order valence-corrected chi connectivity index (χ0v) is 16.3. The summed E-state index contributed by atoms with van der Waals surface area (Å²) in [6.45, 7) is 25.6. The average molecular weight is 299 g/mol. The van der Waals surface area contributed by atoms with Gasteiger partial charge in [0.1, 0.15) is 0 Å². The highest BCUT2D eigenvalue weighted by atomic mass is 15.1. The first-order valence-corrected chi connectivity index (χ1v) is 8.89. The Labute approximate surface area is 135 Å². The fraction of sp³-hybridized carbons (Fsp3) is 1.00. The minimum Gasteiger partial charge on any atom is -0.311 e. The van der Waals surface area contributed by atoms with E-state index in [1.165, 1.54) is 32.5 Å². The van der Waals surface area contributed by atoms with E-state index in [1.807, 2.05) is 0 Å². The van der Waals surface area contributed by atoms with E-state index in [0.29, 0.717) is 5.41 Å². The molecule has 0 rings (SSSR count). The van der Waals surface area contributed by atoms with E-state index in [0.717, 1.165) is 18.4 Å². The van der Waals surface area contributed by atoms with Crippen LogP contribution in [-0.2, 0) is 0 Å². The molecule has 0 aliphatic carbocycles. The molecule has 0 bridgehead atoms. The van der Waals surface area contributed by atoms with E-state index in [4.69, 9.17) is 0 Å². The second-order valence-corrected chi connectivity index (χ2v) is 9.41. The maximum Gasteiger partial charge on any atom is 0.00967 e. The summed E-state index contributed by atoms with van der Waals surface area (Å²) < 4.78 is 0. The highest BCUT2D eigenvalue weighted by Crippen LogP contribution is 2.19. The molecular formula is C19H42N2. The Hall–Kier alpha value is -0.0800. The summed E-state index contributed by atoms with van der Waals surface area (Å²) in [5.41, 5.74) is 0.527. The highest BCUT2D eigenvalue weighted by Gasteiger charge is 2.24. The van der Waals surface area contributed by atoms with Crippen LogP contribution in [0, 0.1) is 17.3 Å². The summed E-state index contributed by atoms with van der Waals surface area (Å²) in [5, 5.41) is 3.67. The lowest BCUT2D eigenvalue weighted by molar-refractivity contribution is 0.153. The summed E-state index contributed by atoms with van der Waals surface area (Å²) in [4.78, 5) is 2.68. The topological polar surface area (TPSA) is 15.3 Å². The third-order valence-corrected chi connectivity index (χ3v) is 3.79. The predicted molar refractivity (Wildman–Crippen MR) is 96.9 cm³/mol. The van der Waals surface area contributed by atoms with Gasteiger partial charge in [-0.1, -0.05) is 41.5 Å². The van der Waals surface area contributed by atoms with Crippen molar-refractivity contribution in [3.8, 4) is 0 Å². The molecule has 0 aliphatic rings. The molecule has 0 fully saturated rings. The first-order valence-electron chi connectivity index (χ1n) is 8.89. The molecule has 2 heteroatoms. The number of hydrogen-bond acceptors (Lipinski definition) is 2. The van der Waals surface area contributed by atoms with Gasteiger partial charge in [0.25, 0.3) is 0 Å². The molecule has 1 N–H and O–H groups in total. The van der Waals surface area contributed by atoms with Crippen molar-refractivity contribution in [2.45, 2.75) is 80.7 Å². The van der Waals surface area contributed by atoms with Crippen LogP contribution in [0.4, 0.5) is 0 Å². The van der Waals surface area contributed by atoms with E-state index in [1.54, 1.807) is 0 Å². The molecule has 0 atom stereocenters. The normalized spacial score (nSPS) is 13.7. The molecule has 128 valence electrons. The van der Waals surface area contributed by atoms with Crippen LogP contribution >= 0.6 is 0 Å². The average Bonchev–Trinajstić information content (AvgIpc) is 2.29. The molecule has 0 unspecified atom stereocenters. The lowest BCUT2D eigenvalue weighted by atomic mass is 9.90. The molecule has 0 aliphatic heterocycles. The smallest absolute Gasteiger partial charge is 0.00967 e. The van der Waals surface area contributed by atoms with E-state index in [9.17, 15) is 0 Å². The molecule has 0 aromatic rings. The van der Waals surface area contributed by atoms with Crippen LogP contribution in [0.2, 0.25) is 0 Å². The standard InChI is InChI=1S/C19H42N2/c1-16(2)10-12-21(13-11-17(3)4)15-19(8,9)14-20-18(5,6)7/h16-17,20H,10-15H2,1-9H3. The zero-order valence-electron chi connectivity index (χ0n) is 16.3. The van der Waals surface area contributed by atoms with Crippen LogP contribution in [0.1, 0.15) is 75.2 Å². The lowest BCUT2D eigenvalue weighted by Crippen LogP contribution is -2.46. The van der Waals surface area contributed by atoms with Crippen molar-refractivity contribution in [2.75, 3.05) is 26.2 Å². The summed E-state index contributed by atoms with van der Waals surface area (Å²) in [6, 6.07) is 0. The van der Waals surface area contributed by atoms with Gasteiger partial charge < -0.3 is 10.2 Å². The van der Waals surface area contributed by atoms with Gasteiger partial charge >= 0.3 is 0 Å². The summed E-state index contributed by atoms with van der Waals surface area (Å²) >= 11 is 0. The number of hydrogen-bond donors (Lipinski definition) is 1. The molecule has 0 amide bonds. The molecule has 21 heavy (non-hydrogen) atoms. The predicted octanol–water partition coefficient (Wildman–Crippen LogP) is 4.79. The molecular weight excluding hydrogens is 256 g/mol. The Kier molecular flexibility index (Phi) is 9.11. The van der Waals surface area contributed by atoms with Gasteiger partial charge in [0.05, 0.1) is 0 Å². The zero-order chi connectivity index (χ0) is 16.7. The van der Waals surface area contributed by atoms with Gasteiger partial charge in [-0.3, -0.25) is 0 Å². The second kappa shape index (κ2) is 9.15. The molecule has 0 saturated heterocycles. The lowest BCUT2D eigenvalue weighted by Gasteiger charge is -2.36. The van der Waals surface area contributed by atoms with Crippen molar-refractivity contribution in [3.63, 3.8) is 0 Å². The van der Waals surface area contributed by atoms with Crippen molar-refractivity contribution in [1.29, 1.82) is 0 Å². The van der Waals surface area contributed by atoms with E-state index >= 15 is 0 Å². The molecule has 0 aromatic carbocycles. The molecule has 2 nitrogen and oxygen atoms in total. The first kappa shape index (κ1) is 20.9. The monoisotopic (exact) mass is 298 g/mol. The highest BCUT2D eigenvalue weighted by molar-refractivity contribution is 4.81. The van der Waals surface area contributed by atoms with E-state index < -0.39 is 0 Å². The van der Waals surface area contributed by atoms with Crippen molar-refractivity contribution >= 4 is 0 Å². The minimum atomic E-state index is 0.206. The third-order valence-electron chi connectivity index (χ3n) is 3.79. The number of rotatable bonds is 10. The Morgan fingerprint density at radius 2 is 1.24 bits per heavy atom.